The molecular formula is C17H23NO3. The van der Waals surface area contributed by atoms with E-state index < -0.39 is 0 Å². The second kappa shape index (κ2) is 7.27. The van der Waals surface area contributed by atoms with Crippen LogP contribution < -0.4 is 4.74 Å². The molecule has 1 aromatic carbocycles. The maximum atomic E-state index is 12.1. The second-order valence-corrected chi connectivity index (χ2v) is 5.41. The largest absolute Gasteiger partial charge is 0.494 e. The van der Waals surface area contributed by atoms with Gasteiger partial charge in [0.2, 0.25) is 5.91 Å². The first kappa shape index (κ1) is 15.6. The normalized spacial score (nSPS) is 20.0. The monoisotopic (exact) mass is 289 g/mol. The molecule has 4 heteroatoms. The van der Waals surface area contributed by atoms with Crippen LogP contribution in [0.3, 0.4) is 0 Å². The van der Waals surface area contributed by atoms with Crippen molar-refractivity contribution in [3.63, 3.8) is 0 Å². The van der Waals surface area contributed by atoms with Gasteiger partial charge in [0.1, 0.15) is 5.75 Å². The molecule has 2 rings (SSSR count). The van der Waals surface area contributed by atoms with Crippen LogP contribution in [0.1, 0.15) is 25.8 Å². The fourth-order valence-electron chi connectivity index (χ4n) is 2.50. The third-order valence-electron chi connectivity index (χ3n) is 3.83. The molecule has 1 fully saturated rings. The second-order valence-electron chi connectivity index (χ2n) is 5.41. The van der Waals surface area contributed by atoms with Gasteiger partial charge >= 0.3 is 0 Å². The lowest BCUT2D eigenvalue weighted by Gasteiger charge is -2.15. The number of ether oxygens (including phenoxy) is 1. The van der Waals surface area contributed by atoms with Gasteiger partial charge in [0.15, 0.2) is 0 Å². The highest BCUT2D eigenvalue weighted by Crippen LogP contribution is 2.20. The summed E-state index contributed by atoms with van der Waals surface area (Å²) in [5.41, 5.74) is 0.970. The summed E-state index contributed by atoms with van der Waals surface area (Å²) in [7, 11) is 0. The first-order valence-electron chi connectivity index (χ1n) is 7.48. The molecule has 1 N–H and O–H groups in total. The van der Waals surface area contributed by atoms with Gasteiger partial charge in [0.05, 0.1) is 12.7 Å². The number of likely N-dealkylation sites (tertiary alicyclic amines) is 1. The van der Waals surface area contributed by atoms with E-state index in [-0.39, 0.29) is 17.9 Å². The summed E-state index contributed by atoms with van der Waals surface area (Å²) in [5.74, 6) is 1.04. The number of aliphatic hydroxyl groups is 1. The van der Waals surface area contributed by atoms with E-state index in [4.69, 9.17) is 4.74 Å². The van der Waals surface area contributed by atoms with Gasteiger partial charge in [-0.1, -0.05) is 12.1 Å². The summed E-state index contributed by atoms with van der Waals surface area (Å²) in [6, 6.07) is 7.65. The van der Waals surface area contributed by atoms with E-state index >= 15 is 0 Å². The number of hydrogen-bond donors (Lipinski definition) is 1. The fraction of sp³-hybridized carbons (Fsp3) is 0.471. The molecule has 0 radical (unpaired) electrons. The molecule has 4 nitrogen and oxygen atoms in total. The Bertz CT molecular complexity index is 493. The van der Waals surface area contributed by atoms with Gasteiger partial charge in [-0.25, -0.2) is 0 Å². The molecule has 1 aromatic rings. The van der Waals surface area contributed by atoms with Gasteiger partial charge in [-0.2, -0.15) is 0 Å². The number of hydrogen-bond acceptors (Lipinski definition) is 3. The van der Waals surface area contributed by atoms with Crippen LogP contribution in [0.2, 0.25) is 0 Å². The lowest BCUT2D eigenvalue weighted by atomic mass is 10.0. The molecule has 2 unspecified atom stereocenters. The van der Waals surface area contributed by atoms with Crippen molar-refractivity contribution in [1.29, 1.82) is 0 Å². The summed E-state index contributed by atoms with van der Waals surface area (Å²) < 4.78 is 5.38. The van der Waals surface area contributed by atoms with E-state index in [9.17, 15) is 9.90 Å². The van der Waals surface area contributed by atoms with Gasteiger partial charge in [-0.3, -0.25) is 4.79 Å². The molecule has 1 saturated heterocycles. The van der Waals surface area contributed by atoms with E-state index in [1.165, 1.54) is 0 Å². The van der Waals surface area contributed by atoms with E-state index in [2.05, 4.69) is 0 Å². The van der Waals surface area contributed by atoms with Crippen molar-refractivity contribution in [2.75, 3.05) is 19.7 Å². The summed E-state index contributed by atoms with van der Waals surface area (Å²) in [4.78, 5) is 13.9. The Morgan fingerprint density at radius 1 is 1.48 bits per heavy atom. The van der Waals surface area contributed by atoms with Crippen LogP contribution in [0.15, 0.2) is 30.3 Å². The lowest BCUT2D eigenvalue weighted by molar-refractivity contribution is -0.125. The van der Waals surface area contributed by atoms with Crippen molar-refractivity contribution < 1.29 is 14.6 Å². The smallest absolute Gasteiger partial charge is 0.246 e. The maximum absolute atomic E-state index is 12.1. The zero-order valence-electron chi connectivity index (χ0n) is 12.7. The van der Waals surface area contributed by atoms with Crippen LogP contribution in [-0.2, 0) is 4.79 Å². The van der Waals surface area contributed by atoms with Gasteiger partial charge in [0.25, 0.3) is 0 Å². The van der Waals surface area contributed by atoms with Crippen molar-refractivity contribution in [2.24, 2.45) is 5.92 Å². The summed E-state index contributed by atoms with van der Waals surface area (Å²) >= 11 is 0. The minimum atomic E-state index is -0.349. The average Bonchev–Trinajstić information content (AvgIpc) is 2.97. The Labute approximate surface area is 126 Å². The van der Waals surface area contributed by atoms with E-state index in [1.54, 1.807) is 17.9 Å². The molecular weight excluding hydrogens is 266 g/mol. The number of benzene rings is 1. The maximum Gasteiger partial charge on any atom is 0.246 e. The van der Waals surface area contributed by atoms with E-state index in [1.807, 2.05) is 37.3 Å². The lowest BCUT2D eigenvalue weighted by Crippen LogP contribution is -2.28. The third kappa shape index (κ3) is 4.33. The third-order valence-corrected chi connectivity index (χ3v) is 3.83. The molecule has 0 aromatic heterocycles. The van der Waals surface area contributed by atoms with Crippen molar-refractivity contribution in [1.82, 2.24) is 4.90 Å². The Balaban J connectivity index is 1.90. The number of aliphatic hydroxyl groups excluding tert-OH is 1. The average molecular weight is 289 g/mol. The Morgan fingerprint density at radius 2 is 2.19 bits per heavy atom. The zero-order valence-corrected chi connectivity index (χ0v) is 12.7. The Hall–Kier alpha value is -1.81. The molecule has 21 heavy (non-hydrogen) atoms. The standard InChI is InChI=1S/C17H23NO3/c1-3-21-16-7-4-14(5-8-16)6-9-17(20)18-11-10-15(12-18)13(2)19/h4-9,13,15,19H,3,10-12H2,1-2H3/b9-6+. The predicted molar refractivity (Wildman–Crippen MR) is 83.0 cm³/mol. The predicted octanol–water partition coefficient (Wildman–Crippen LogP) is 2.33. The van der Waals surface area contributed by atoms with Crippen LogP contribution in [-0.4, -0.2) is 41.7 Å². The summed E-state index contributed by atoms with van der Waals surface area (Å²) in [6.45, 7) is 5.75. The molecule has 2 atom stereocenters. The van der Waals surface area contributed by atoms with Crippen LogP contribution in [0.4, 0.5) is 0 Å². The molecule has 0 saturated carbocycles. The zero-order chi connectivity index (χ0) is 15.2. The Kier molecular flexibility index (Phi) is 5.39. The summed E-state index contributed by atoms with van der Waals surface area (Å²) in [6.07, 6.45) is 3.94. The van der Waals surface area contributed by atoms with Gasteiger partial charge in [-0.05, 0) is 44.0 Å². The highest BCUT2D eigenvalue weighted by Gasteiger charge is 2.27. The molecule has 0 bridgehead atoms. The minimum Gasteiger partial charge on any atom is -0.494 e. The quantitative estimate of drug-likeness (QED) is 0.846. The van der Waals surface area contributed by atoms with Crippen LogP contribution in [0.5, 0.6) is 5.75 Å². The first-order valence-corrected chi connectivity index (χ1v) is 7.48. The topological polar surface area (TPSA) is 49.8 Å². The van der Waals surface area contributed by atoms with Gasteiger partial charge in [0, 0.05) is 25.1 Å². The highest BCUT2D eigenvalue weighted by molar-refractivity contribution is 5.92. The number of carbonyl (C=O) groups excluding carboxylic acids is 1. The SMILES string of the molecule is CCOc1ccc(/C=C/C(=O)N2CCC(C(C)O)C2)cc1. The molecule has 0 spiro atoms. The highest BCUT2D eigenvalue weighted by atomic mass is 16.5. The van der Waals surface area contributed by atoms with Crippen LogP contribution in [0, 0.1) is 5.92 Å². The molecule has 1 aliphatic heterocycles. The minimum absolute atomic E-state index is 0.00651. The van der Waals surface area contributed by atoms with E-state index in [0.717, 1.165) is 24.3 Å². The number of amides is 1. The molecule has 0 aliphatic carbocycles. The Morgan fingerprint density at radius 3 is 2.76 bits per heavy atom. The van der Waals surface area contributed by atoms with Crippen molar-refractivity contribution in [3.05, 3.63) is 35.9 Å². The molecule has 1 aliphatic rings. The molecule has 114 valence electrons. The molecule has 1 amide bonds. The van der Waals surface area contributed by atoms with Crippen LogP contribution >= 0.6 is 0 Å². The van der Waals surface area contributed by atoms with Gasteiger partial charge in [-0.15, -0.1) is 0 Å². The molecule has 1 heterocycles. The van der Waals surface area contributed by atoms with Crippen molar-refractivity contribution in [3.8, 4) is 5.75 Å². The fourth-order valence-corrected chi connectivity index (χ4v) is 2.50. The van der Waals surface area contributed by atoms with Crippen molar-refractivity contribution >= 4 is 12.0 Å². The summed E-state index contributed by atoms with van der Waals surface area (Å²) in [5, 5.41) is 9.56. The number of rotatable bonds is 5. The van der Waals surface area contributed by atoms with E-state index in [0.29, 0.717) is 13.2 Å². The number of carbonyl (C=O) groups is 1. The first-order chi connectivity index (χ1) is 10.1. The van der Waals surface area contributed by atoms with Crippen LogP contribution in [0.25, 0.3) is 6.08 Å². The number of nitrogens with zero attached hydrogens (tertiary/aromatic N) is 1. The van der Waals surface area contributed by atoms with Crippen molar-refractivity contribution in [2.45, 2.75) is 26.4 Å². The van der Waals surface area contributed by atoms with Gasteiger partial charge < -0.3 is 14.7 Å².